The summed E-state index contributed by atoms with van der Waals surface area (Å²) in [4.78, 5) is 18.3. The average Bonchev–Trinajstić information content (AvgIpc) is 2.95. The van der Waals surface area contributed by atoms with Gasteiger partial charge in [0.1, 0.15) is 0 Å². The van der Waals surface area contributed by atoms with Crippen molar-refractivity contribution in [3.63, 3.8) is 0 Å². The summed E-state index contributed by atoms with van der Waals surface area (Å²) in [7, 11) is 0. The molecule has 0 saturated carbocycles. The highest BCUT2D eigenvalue weighted by Crippen LogP contribution is 2.19. The molecule has 0 bridgehead atoms. The lowest BCUT2D eigenvalue weighted by molar-refractivity contribution is 0.0957. The lowest BCUT2D eigenvalue weighted by atomic mass is 10.2. The van der Waals surface area contributed by atoms with Crippen molar-refractivity contribution in [2.75, 3.05) is 26.2 Å². The van der Waals surface area contributed by atoms with Crippen LogP contribution in [0.5, 0.6) is 0 Å². The van der Waals surface area contributed by atoms with Crippen LogP contribution in [0.25, 0.3) is 0 Å². The van der Waals surface area contributed by atoms with Crippen molar-refractivity contribution in [3.8, 4) is 0 Å². The predicted molar refractivity (Wildman–Crippen MR) is 82.6 cm³/mol. The Kier molecular flexibility index (Phi) is 5.54. The summed E-state index contributed by atoms with van der Waals surface area (Å²) in [5.74, 6) is 4.94. The molecule has 3 N–H and O–H groups in total. The van der Waals surface area contributed by atoms with Crippen LogP contribution in [0.15, 0.2) is 12.1 Å². The topological polar surface area (TPSA) is 61.6 Å². The Morgan fingerprint density at radius 2 is 2.10 bits per heavy atom. The number of nitrogens with zero attached hydrogens (tertiary/aromatic N) is 2. The predicted octanol–water partition coefficient (Wildman–Crippen LogP) is 1.27. The largest absolute Gasteiger partial charge is 0.298 e. The van der Waals surface area contributed by atoms with E-state index in [1.165, 1.54) is 22.6 Å². The Hall–Kier alpha value is -0.950. The van der Waals surface area contributed by atoms with E-state index in [1.54, 1.807) is 0 Å². The summed E-state index contributed by atoms with van der Waals surface area (Å²) in [6.07, 6.45) is 1.21. The second-order valence-corrected chi connectivity index (χ2v) is 6.48. The molecule has 1 unspecified atom stereocenters. The number of nitrogens with one attached hydrogen (secondary N) is 1. The van der Waals surface area contributed by atoms with Crippen LogP contribution in [0.2, 0.25) is 0 Å². The Morgan fingerprint density at radius 1 is 1.40 bits per heavy atom. The maximum Gasteiger partial charge on any atom is 0.275 e. The molecule has 0 spiro atoms. The second kappa shape index (κ2) is 7.17. The number of carbonyl (C=O) groups excluding carboxylic acids is 1. The molecule has 1 aromatic rings. The van der Waals surface area contributed by atoms with Crippen molar-refractivity contribution in [2.45, 2.75) is 32.9 Å². The maximum atomic E-state index is 11.4. The highest BCUT2D eigenvalue weighted by atomic mass is 32.1. The third-order valence-electron chi connectivity index (χ3n) is 4.02. The Labute approximate surface area is 124 Å². The van der Waals surface area contributed by atoms with Gasteiger partial charge in [-0.05, 0) is 25.5 Å². The van der Waals surface area contributed by atoms with E-state index in [-0.39, 0.29) is 5.91 Å². The van der Waals surface area contributed by atoms with Crippen molar-refractivity contribution in [2.24, 2.45) is 5.84 Å². The molecular weight excluding hydrogens is 272 g/mol. The fourth-order valence-corrected chi connectivity index (χ4v) is 3.45. The van der Waals surface area contributed by atoms with Crippen molar-refractivity contribution >= 4 is 17.2 Å². The van der Waals surface area contributed by atoms with Gasteiger partial charge in [0.2, 0.25) is 0 Å². The standard InChI is InChI=1S/C14H24N4OS/c1-3-11(2)18-8-6-17(7-9-18)10-12-4-5-13(20-12)14(19)16-15/h4-5,11H,3,6-10,15H2,1-2H3,(H,16,19). The maximum absolute atomic E-state index is 11.4. The highest BCUT2D eigenvalue weighted by Gasteiger charge is 2.20. The van der Waals surface area contributed by atoms with E-state index in [0.29, 0.717) is 10.9 Å². The van der Waals surface area contributed by atoms with Gasteiger partial charge in [0.25, 0.3) is 5.91 Å². The first-order valence-electron chi connectivity index (χ1n) is 7.20. The lowest BCUT2D eigenvalue weighted by Crippen LogP contribution is -2.48. The van der Waals surface area contributed by atoms with Crippen LogP contribution < -0.4 is 11.3 Å². The van der Waals surface area contributed by atoms with E-state index in [9.17, 15) is 4.79 Å². The second-order valence-electron chi connectivity index (χ2n) is 5.31. The van der Waals surface area contributed by atoms with Crippen molar-refractivity contribution in [1.29, 1.82) is 0 Å². The smallest absolute Gasteiger partial charge is 0.275 e. The molecule has 1 aliphatic rings. The van der Waals surface area contributed by atoms with E-state index >= 15 is 0 Å². The zero-order chi connectivity index (χ0) is 14.5. The van der Waals surface area contributed by atoms with Crippen LogP contribution in [-0.2, 0) is 6.54 Å². The Bertz CT molecular complexity index is 440. The fraction of sp³-hybridized carbons (Fsp3) is 0.643. The Balaban J connectivity index is 1.83. The first-order chi connectivity index (χ1) is 9.63. The first kappa shape index (κ1) is 15.4. The molecule has 1 aromatic heterocycles. The molecule has 112 valence electrons. The third-order valence-corrected chi connectivity index (χ3v) is 5.09. The molecule has 1 atom stereocenters. The summed E-state index contributed by atoms with van der Waals surface area (Å²) < 4.78 is 0. The molecule has 0 aromatic carbocycles. The van der Waals surface area contributed by atoms with Crippen molar-refractivity contribution in [3.05, 3.63) is 21.9 Å². The molecule has 1 saturated heterocycles. The van der Waals surface area contributed by atoms with Gasteiger partial charge < -0.3 is 0 Å². The number of thiophene rings is 1. The van der Waals surface area contributed by atoms with Gasteiger partial charge in [0, 0.05) is 43.6 Å². The van der Waals surface area contributed by atoms with Crippen LogP contribution >= 0.6 is 11.3 Å². The van der Waals surface area contributed by atoms with E-state index in [1.807, 2.05) is 12.1 Å². The lowest BCUT2D eigenvalue weighted by Gasteiger charge is -2.37. The average molecular weight is 296 g/mol. The summed E-state index contributed by atoms with van der Waals surface area (Å²) >= 11 is 1.52. The van der Waals surface area contributed by atoms with Crippen molar-refractivity contribution in [1.82, 2.24) is 15.2 Å². The fourth-order valence-electron chi connectivity index (χ4n) is 2.50. The van der Waals surface area contributed by atoms with Gasteiger partial charge in [-0.15, -0.1) is 11.3 Å². The van der Waals surface area contributed by atoms with Gasteiger partial charge in [-0.25, -0.2) is 5.84 Å². The van der Waals surface area contributed by atoms with Crippen LogP contribution in [0.3, 0.4) is 0 Å². The van der Waals surface area contributed by atoms with E-state index in [2.05, 4.69) is 29.1 Å². The number of hydrogen-bond donors (Lipinski definition) is 2. The van der Waals surface area contributed by atoms with E-state index in [0.717, 1.165) is 32.7 Å². The molecule has 2 heterocycles. The molecule has 1 fully saturated rings. The molecule has 6 heteroatoms. The number of hydrogen-bond acceptors (Lipinski definition) is 5. The zero-order valence-corrected chi connectivity index (χ0v) is 13.1. The SMILES string of the molecule is CCC(C)N1CCN(Cc2ccc(C(=O)NN)s2)CC1. The summed E-state index contributed by atoms with van der Waals surface area (Å²) in [5.41, 5.74) is 2.17. The van der Waals surface area contributed by atoms with E-state index < -0.39 is 0 Å². The molecular formula is C14H24N4OS. The van der Waals surface area contributed by atoms with Crippen LogP contribution in [0.1, 0.15) is 34.8 Å². The van der Waals surface area contributed by atoms with Gasteiger partial charge in [0.05, 0.1) is 4.88 Å². The molecule has 5 nitrogen and oxygen atoms in total. The molecule has 0 radical (unpaired) electrons. The number of hydrazine groups is 1. The van der Waals surface area contributed by atoms with Crippen LogP contribution in [-0.4, -0.2) is 47.9 Å². The molecule has 1 amide bonds. The monoisotopic (exact) mass is 296 g/mol. The number of rotatable bonds is 5. The normalized spacial score (nSPS) is 18.9. The molecule has 2 rings (SSSR count). The van der Waals surface area contributed by atoms with Gasteiger partial charge in [0.15, 0.2) is 0 Å². The number of carbonyl (C=O) groups is 1. The number of nitrogen functional groups attached to an aromatic ring is 1. The van der Waals surface area contributed by atoms with Gasteiger partial charge in [-0.1, -0.05) is 6.92 Å². The molecule has 20 heavy (non-hydrogen) atoms. The molecule has 0 aliphatic carbocycles. The van der Waals surface area contributed by atoms with Crippen molar-refractivity contribution < 1.29 is 4.79 Å². The van der Waals surface area contributed by atoms with E-state index in [4.69, 9.17) is 5.84 Å². The van der Waals surface area contributed by atoms with Gasteiger partial charge >= 0.3 is 0 Å². The molecule has 1 aliphatic heterocycles. The Morgan fingerprint density at radius 3 is 2.70 bits per heavy atom. The summed E-state index contributed by atoms with van der Waals surface area (Å²) in [6.45, 7) is 9.94. The first-order valence-corrected chi connectivity index (χ1v) is 8.01. The minimum absolute atomic E-state index is 0.206. The number of nitrogens with two attached hydrogens (primary N) is 1. The zero-order valence-electron chi connectivity index (χ0n) is 12.3. The quantitative estimate of drug-likeness (QED) is 0.488. The minimum atomic E-state index is -0.206. The third kappa shape index (κ3) is 3.79. The number of amides is 1. The van der Waals surface area contributed by atoms with Gasteiger partial charge in [-0.3, -0.25) is 20.0 Å². The van der Waals surface area contributed by atoms with Crippen LogP contribution in [0, 0.1) is 0 Å². The van der Waals surface area contributed by atoms with Crippen LogP contribution in [0.4, 0.5) is 0 Å². The minimum Gasteiger partial charge on any atom is -0.298 e. The summed E-state index contributed by atoms with van der Waals surface area (Å²) in [6, 6.07) is 4.55. The number of piperazine rings is 1. The van der Waals surface area contributed by atoms with Gasteiger partial charge in [-0.2, -0.15) is 0 Å². The summed E-state index contributed by atoms with van der Waals surface area (Å²) in [5, 5.41) is 0. The highest BCUT2D eigenvalue weighted by molar-refractivity contribution is 7.14.